The average Bonchev–Trinajstić information content (AvgIpc) is 1.60. The van der Waals surface area contributed by atoms with Gasteiger partial charge >= 0.3 is 36.3 Å². The molecule has 0 bridgehead atoms. The molecule has 0 radical (unpaired) electrons. The first-order valence-corrected chi connectivity index (χ1v) is 38.8. The normalized spacial score (nSPS) is 31.6. The Morgan fingerprint density at radius 3 is 1.09 bits per heavy atom. The molecule has 0 aromatic carbocycles. The number of fused-ring (bicyclic) bond motifs is 2. The number of aliphatic hydroxyl groups is 8. The molecule has 0 aliphatic carbocycles. The second-order valence-corrected chi connectivity index (χ2v) is 32.2. The van der Waals surface area contributed by atoms with Crippen molar-refractivity contribution in [3.8, 4) is 0 Å². The van der Waals surface area contributed by atoms with Crippen molar-refractivity contribution >= 4 is 155 Å². The van der Waals surface area contributed by atoms with Crippen LogP contribution in [0.1, 0.15) is 85.5 Å². The Balaban J connectivity index is 0.000000164. The number of hydrogen-bond donors (Lipinski definition) is 15. The zero-order valence-electron chi connectivity index (χ0n) is 53.5. The minimum absolute atomic E-state index is 0.0258. The molecule has 7 fully saturated rings. The van der Waals surface area contributed by atoms with E-state index >= 15 is 0 Å². The first-order chi connectivity index (χ1) is 47.9. The summed E-state index contributed by atoms with van der Waals surface area (Å²) in [4.78, 5) is 145. The highest BCUT2D eigenvalue weighted by molar-refractivity contribution is 14.1. The van der Waals surface area contributed by atoms with E-state index in [9.17, 15) is 83.1 Å². The predicted octanol–water partition coefficient (Wildman–Crippen LogP) is -2.08. The topological polar surface area (TPSA) is 586 Å². The predicted molar refractivity (Wildman–Crippen MR) is 389 cm³/mol. The zero-order valence-corrected chi connectivity index (χ0v) is 68.8. The fourth-order valence-electron chi connectivity index (χ4n) is 11.3. The lowest BCUT2D eigenvalue weighted by Gasteiger charge is -2.25. The number of aromatic nitrogens is 10. The van der Waals surface area contributed by atoms with E-state index in [1.165, 1.54) is 15.3 Å². The highest BCUT2D eigenvalue weighted by Gasteiger charge is 2.58. The van der Waals surface area contributed by atoms with E-state index in [-0.39, 0.29) is 55.8 Å². The molecule has 12 rings (SSSR count). The standard InChI is InChI=1S/C13H16BrIN2O5.C13H17BrN2O5.C9H11BrIN2O9P.C9H10BrIN2O6.C9H11BrN2O6/c1-4-5-7-8(22-13(2,3)21-7)11(20-5)17-9(15)6(14)10(18)16-12(17)19;1-4-7-8-9(21-13(2,3)20-8)11(19-7)16-5-6(14)10(17)15-12(16)18;10-3-6(11)13(9(17)12-7(3)16)8-5(15)4(14)2(22-8)1-21-23(18,19)20;10-3-6(11)13(9(18)12-7(3)17)8-5(16)4(15)2(1-14)19-8;10-3-1-12(9(17)11-7(3)16)8-6(15)5(14)4(2-13)18-8/h5,7-8,11H,4H2,1-3H3,(H,16,18,19);5,7-9,11H,4H2,1-3H3,(H,15,17,18);2,4-5,8,14-15H,1H2,(H,12,16,17)(H2,18,19,20);2,4-5,8,14-16H,1H2,(H,12,17,18);1,4-6,8,13-15H,2H2,(H,11,16,17)/t5-,7+,8?,11-;7-,8+,9?,11-;2*2-,4+,5?,8-;4-,5+,6?,8-/m11111/s1. The third-order valence-corrected chi connectivity index (χ3v) is 25.3. The Morgan fingerprint density at radius 1 is 0.437 bits per heavy atom. The van der Waals surface area contributed by atoms with Crippen molar-refractivity contribution < 1.29 is 102 Å². The number of nitrogens with one attached hydrogen (secondary N) is 5. The quantitative estimate of drug-likeness (QED) is 0.0362. The summed E-state index contributed by atoms with van der Waals surface area (Å²) >= 11 is 20.6. The van der Waals surface area contributed by atoms with Gasteiger partial charge in [0.25, 0.3) is 27.8 Å². The molecule has 20 atom stereocenters. The van der Waals surface area contributed by atoms with Crippen LogP contribution in [0.2, 0.25) is 0 Å². The molecule has 7 aliphatic rings. The van der Waals surface area contributed by atoms with E-state index in [0.29, 0.717) is 8.17 Å². The number of phosphoric acid groups is 1. The van der Waals surface area contributed by atoms with Crippen LogP contribution in [-0.4, -0.2) is 221 Å². The second kappa shape index (κ2) is 34.8. The third-order valence-electron chi connectivity index (χ3n) is 16.1. The number of rotatable bonds is 12. The van der Waals surface area contributed by atoms with E-state index in [1.54, 1.807) is 45.2 Å². The molecule has 0 amide bonds. The first-order valence-electron chi connectivity index (χ1n) is 30.0. The van der Waals surface area contributed by atoms with E-state index < -0.39 is 188 Å². The summed E-state index contributed by atoms with van der Waals surface area (Å²) < 4.78 is 73.3. The van der Waals surface area contributed by atoms with E-state index in [1.807, 2.05) is 74.1 Å². The van der Waals surface area contributed by atoms with Crippen molar-refractivity contribution in [2.45, 2.75) is 189 Å². The lowest BCUT2D eigenvalue weighted by molar-refractivity contribution is -0.197. The van der Waals surface area contributed by atoms with Crippen molar-refractivity contribution in [2.24, 2.45) is 0 Å². The Labute approximate surface area is 657 Å². The van der Waals surface area contributed by atoms with Gasteiger partial charge in [-0.1, -0.05) is 13.8 Å². The maximum Gasteiger partial charge on any atom is 0.469 e. The van der Waals surface area contributed by atoms with Crippen molar-refractivity contribution in [3.05, 3.63) is 150 Å². The lowest BCUT2D eigenvalue weighted by atomic mass is 10.1. The Bertz CT molecular complexity index is 4620. The molecular formula is C53H65Br5I3N10O31P. The number of hydrogen-bond acceptors (Lipinski definition) is 29. The Hall–Kier alpha value is -2.58. The van der Waals surface area contributed by atoms with Crippen molar-refractivity contribution in [3.63, 3.8) is 0 Å². The smallest absolute Gasteiger partial charge is 0.394 e. The van der Waals surface area contributed by atoms with Gasteiger partial charge in [-0.2, -0.15) is 0 Å². The molecule has 12 heterocycles. The summed E-state index contributed by atoms with van der Waals surface area (Å²) in [6, 6.07) is 0. The fourth-order valence-corrected chi connectivity index (χ4v) is 15.4. The Kier molecular flexibility index (Phi) is 29.0. The maximum atomic E-state index is 12.3. The molecule has 50 heteroatoms. The van der Waals surface area contributed by atoms with E-state index in [0.717, 1.165) is 32.7 Å². The highest BCUT2D eigenvalue weighted by atomic mass is 127. The van der Waals surface area contributed by atoms with Crippen molar-refractivity contribution in [2.75, 3.05) is 19.8 Å². The number of aromatic amines is 5. The summed E-state index contributed by atoms with van der Waals surface area (Å²) in [5.74, 6) is -1.44. The van der Waals surface area contributed by atoms with Gasteiger partial charge in [-0.05, 0) is 188 Å². The fraction of sp³-hybridized carbons (Fsp3) is 0.623. The van der Waals surface area contributed by atoms with Gasteiger partial charge in [0.2, 0.25) is 0 Å². The zero-order chi connectivity index (χ0) is 76.9. The van der Waals surface area contributed by atoms with Crippen molar-refractivity contribution in [1.82, 2.24) is 47.8 Å². The molecule has 5 aromatic heterocycles. The molecule has 103 heavy (non-hydrogen) atoms. The molecule has 7 aliphatic heterocycles. The van der Waals surface area contributed by atoms with Gasteiger partial charge in [-0.25, -0.2) is 28.5 Å². The summed E-state index contributed by atoms with van der Waals surface area (Å²) in [6.45, 7) is 9.64. The number of aliphatic hydroxyl groups excluding tert-OH is 8. The van der Waals surface area contributed by atoms with Crippen LogP contribution >= 0.6 is 155 Å². The van der Waals surface area contributed by atoms with Crippen LogP contribution in [0.4, 0.5) is 0 Å². The second-order valence-electron chi connectivity index (χ2n) is 23.9. The van der Waals surface area contributed by atoms with Gasteiger partial charge in [-0.3, -0.25) is 76.3 Å². The largest absolute Gasteiger partial charge is 0.469 e. The lowest BCUT2D eigenvalue weighted by Crippen LogP contribution is -2.40. The van der Waals surface area contributed by atoms with Crippen LogP contribution in [0.15, 0.2) is 82.7 Å². The number of nitrogens with zero attached hydrogens (tertiary/aromatic N) is 5. The van der Waals surface area contributed by atoms with Gasteiger partial charge in [0.15, 0.2) is 42.7 Å². The molecule has 15 N–H and O–H groups in total. The van der Waals surface area contributed by atoms with Crippen LogP contribution < -0.4 is 56.2 Å². The summed E-state index contributed by atoms with van der Waals surface area (Å²) in [5, 5.41) is 76.7. The molecule has 574 valence electrons. The van der Waals surface area contributed by atoms with Crippen LogP contribution in [0.3, 0.4) is 0 Å². The van der Waals surface area contributed by atoms with Crippen molar-refractivity contribution in [1.29, 1.82) is 0 Å². The van der Waals surface area contributed by atoms with Crippen LogP contribution in [0.5, 0.6) is 0 Å². The maximum absolute atomic E-state index is 12.3. The third kappa shape index (κ3) is 18.9. The average molecular weight is 2150 g/mol. The molecule has 5 unspecified atom stereocenters. The number of H-pyrrole nitrogens is 5. The monoisotopic (exact) mass is 2140 g/mol. The van der Waals surface area contributed by atoms with Gasteiger partial charge in [0.05, 0.1) is 41.0 Å². The van der Waals surface area contributed by atoms with E-state index in [4.69, 9.17) is 62.6 Å². The molecule has 0 saturated carbocycles. The van der Waals surface area contributed by atoms with Crippen LogP contribution in [0, 0.1) is 11.1 Å². The minimum Gasteiger partial charge on any atom is -0.394 e. The van der Waals surface area contributed by atoms with Crippen LogP contribution in [-0.2, 0) is 51.7 Å². The molecular weight excluding hydrogens is 2080 g/mol. The van der Waals surface area contributed by atoms with E-state index in [2.05, 4.69) is 99.1 Å². The summed E-state index contributed by atoms with van der Waals surface area (Å²) in [7, 11) is -4.79. The number of halogens is 8. The number of phosphoric ester groups is 1. The van der Waals surface area contributed by atoms with Gasteiger partial charge in [-0.15, -0.1) is 0 Å². The summed E-state index contributed by atoms with van der Waals surface area (Å²) in [6.07, 6.45) is -14.3. The molecule has 7 saturated heterocycles. The highest BCUT2D eigenvalue weighted by Crippen LogP contribution is 2.46. The molecule has 5 aromatic rings. The number of ether oxygens (including phenoxy) is 9. The van der Waals surface area contributed by atoms with Crippen LogP contribution in [0.25, 0.3) is 0 Å². The molecule has 0 spiro atoms. The SMILES string of the molecule is CC[C@H]1O[C@@H](n2c(I)c(Br)c(=O)[nH]c2=O)C2OC(C)(C)O[C@H]21.CC[C@H]1O[C@@H](n2cc(Br)c(=O)[nH]c2=O)C2OC(C)(C)O[C@H]21.O=c1[nH]c(=O)n([C@@H]2O[C@H](CO)[C@H](O)C2O)c(I)c1Br.O=c1[nH]c(=O)n([C@@H]2O[C@H](CO)[C@H](O)C2O)cc1Br.O=c1[nH]c(=O)n([C@@H]2O[C@H](COP(=O)(O)O)[C@H](O)C2O)c(I)c1Br. The van der Waals surface area contributed by atoms with Gasteiger partial charge < -0.3 is 93.3 Å². The van der Waals surface area contributed by atoms with Gasteiger partial charge in [0.1, 0.15) is 104 Å². The summed E-state index contributed by atoms with van der Waals surface area (Å²) in [5.41, 5.74) is -6.30. The minimum atomic E-state index is -4.79. The molecule has 41 nitrogen and oxygen atoms in total. The van der Waals surface area contributed by atoms with Gasteiger partial charge in [0, 0.05) is 12.4 Å². The first kappa shape index (κ1) is 86.0. The Morgan fingerprint density at radius 2 is 0.728 bits per heavy atom.